The van der Waals surface area contributed by atoms with Crippen LogP contribution in [0.5, 0.6) is 0 Å². The summed E-state index contributed by atoms with van der Waals surface area (Å²) in [6, 6.07) is 2.81. The summed E-state index contributed by atoms with van der Waals surface area (Å²) in [7, 11) is 0. The van der Waals surface area contributed by atoms with Crippen LogP contribution in [0.25, 0.3) is 0 Å². The summed E-state index contributed by atoms with van der Waals surface area (Å²) in [5, 5.41) is 9.97. The average molecular weight is 400 g/mol. The molecule has 2 bridgehead atoms. The minimum Gasteiger partial charge on any atom is -0.198 e. The van der Waals surface area contributed by atoms with Crippen molar-refractivity contribution >= 4 is 0 Å². The molecule has 0 heterocycles. The molecule has 166 valence electrons. The first-order valence-corrected chi connectivity index (χ1v) is 13.5. The highest BCUT2D eigenvalue weighted by molar-refractivity contribution is 5.07. The molecule has 0 N–H and O–H groups in total. The molecule has 29 heavy (non-hydrogen) atoms. The van der Waals surface area contributed by atoms with Crippen molar-refractivity contribution in [1.29, 1.82) is 5.26 Å². The molecule has 0 spiro atoms. The van der Waals surface area contributed by atoms with Crippen LogP contribution in [0, 0.1) is 33.5 Å². The number of rotatable bonds is 12. The number of hydrogen-bond donors (Lipinski definition) is 0. The molecule has 1 heteroatoms. The zero-order valence-corrected chi connectivity index (χ0v) is 19.9. The molecule has 0 saturated heterocycles. The lowest BCUT2D eigenvalue weighted by Gasteiger charge is -2.58. The van der Waals surface area contributed by atoms with Crippen LogP contribution < -0.4 is 0 Å². The Kier molecular flexibility index (Phi) is 8.53. The van der Waals surface area contributed by atoms with Crippen LogP contribution in [0.1, 0.15) is 149 Å². The van der Waals surface area contributed by atoms with E-state index in [2.05, 4.69) is 19.9 Å². The largest absolute Gasteiger partial charge is 0.198 e. The summed E-state index contributed by atoms with van der Waals surface area (Å²) in [5.74, 6) is 0.933. The third-order valence-electron chi connectivity index (χ3n) is 9.83. The molecule has 4 aliphatic carbocycles. The molecule has 0 unspecified atom stereocenters. The second-order valence-corrected chi connectivity index (χ2v) is 11.5. The zero-order valence-electron chi connectivity index (χ0n) is 19.9. The molecular weight excluding hydrogens is 350 g/mol. The van der Waals surface area contributed by atoms with Gasteiger partial charge in [-0.05, 0) is 93.8 Å². The monoisotopic (exact) mass is 399 g/mol. The Balaban J connectivity index is 1.45. The van der Waals surface area contributed by atoms with Gasteiger partial charge in [-0.25, -0.2) is 0 Å². The topological polar surface area (TPSA) is 23.8 Å². The predicted octanol–water partition coefficient (Wildman–Crippen LogP) is 9.36. The summed E-state index contributed by atoms with van der Waals surface area (Å²) in [6.45, 7) is 4.61. The van der Waals surface area contributed by atoms with E-state index in [0.29, 0.717) is 5.41 Å². The van der Waals surface area contributed by atoms with Crippen molar-refractivity contribution in [2.24, 2.45) is 22.2 Å². The van der Waals surface area contributed by atoms with E-state index in [4.69, 9.17) is 0 Å². The SMILES string of the molecule is CCCCCCC[C@]1(C#N)CC[C@H](C23CCC(CCCCCC)(CC2)CC3)CC1. The molecule has 0 atom stereocenters. The van der Waals surface area contributed by atoms with E-state index in [1.807, 2.05) is 0 Å². The van der Waals surface area contributed by atoms with E-state index in [1.54, 1.807) is 0 Å². The van der Waals surface area contributed by atoms with Gasteiger partial charge in [0.05, 0.1) is 11.5 Å². The standard InChI is InChI=1S/C28H49N/c1-3-5-7-9-11-15-27(24-29)16-12-25(13-17-27)28-21-18-26(19-22-28,20-23-28)14-10-8-6-4-2/h25H,3-23H2,1-2H3/t25-,26?,27-,28?. The van der Waals surface area contributed by atoms with Gasteiger partial charge in [0, 0.05) is 0 Å². The molecule has 1 nitrogen and oxygen atoms in total. The van der Waals surface area contributed by atoms with Crippen molar-refractivity contribution in [3.63, 3.8) is 0 Å². The average Bonchev–Trinajstić information content (AvgIpc) is 2.78. The van der Waals surface area contributed by atoms with Crippen molar-refractivity contribution in [2.75, 3.05) is 0 Å². The van der Waals surface area contributed by atoms with Crippen LogP contribution in [-0.4, -0.2) is 0 Å². The van der Waals surface area contributed by atoms with Gasteiger partial charge in [-0.15, -0.1) is 0 Å². The highest BCUT2D eigenvalue weighted by Gasteiger charge is 2.52. The fourth-order valence-corrected chi connectivity index (χ4v) is 7.47. The quantitative estimate of drug-likeness (QED) is 0.300. The summed E-state index contributed by atoms with van der Waals surface area (Å²) in [4.78, 5) is 0. The molecule has 0 aromatic carbocycles. The lowest BCUT2D eigenvalue weighted by molar-refractivity contribution is -0.0690. The van der Waals surface area contributed by atoms with Crippen LogP contribution in [0.2, 0.25) is 0 Å². The molecule has 4 rings (SSSR count). The Labute approximate surface area is 182 Å². The van der Waals surface area contributed by atoms with Gasteiger partial charge in [-0.3, -0.25) is 0 Å². The molecule has 0 aliphatic heterocycles. The second-order valence-electron chi connectivity index (χ2n) is 11.5. The van der Waals surface area contributed by atoms with Gasteiger partial charge in [-0.2, -0.15) is 5.26 Å². The molecule has 0 amide bonds. The van der Waals surface area contributed by atoms with E-state index < -0.39 is 0 Å². The van der Waals surface area contributed by atoms with Crippen LogP contribution in [0.3, 0.4) is 0 Å². The summed E-state index contributed by atoms with van der Waals surface area (Å²) >= 11 is 0. The molecular formula is C28H49N. The first-order valence-electron chi connectivity index (χ1n) is 13.5. The lowest BCUT2D eigenvalue weighted by atomic mass is 9.47. The molecule has 0 aromatic rings. The molecule has 0 radical (unpaired) electrons. The van der Waals surface area contributed by atoms with Gasteiger partial charge in [0.15, 0.2) is 0 Å². The lowest BCUT2D eigenvalue weighted by Crippen LogP contribution is -2.47. The minimum atomic E-state index is 0.0335. The highest BCUT2D eigenvalue weighted by Crippen LogP contribution is 2.64. The molecule has 4 fully saturated rings. The Morgan fingerprint density at radius 3 is 1.72 bits per heavy atom. The van der Waals surface area contributed by atoms with Crippen LogP contribution in [0.15, 0.2) is 0 Å². The summed E-state index contributed by atoms with van der Waals surface area (Å²) in [5.41, 5.74) is 1.44. The fourth-order valence-electron chi connectivity index (χ4n) is 7.47. The van der Waals surface area contributed by atoms with E-state index in [-0.39, 0.29) is 5.41 Å². The Hall–Kier alpha value is -0.510. The van der Waals surface area contributed by atoms with E-state index in [0.717, 1.165) is 11.3 Å². The van der Waals surface area contributed by atoms with Crippen molar-refractivity contribution in [3.8, 4) is 6.07 Å². The van der Waals surface area contributed by atoms with Gasteiger partial charge >= 0.3 is 0 Å². The van der Waals surface area contributed by atoms with E-state index in [9.17, 15) is 5.26 Å². The summed E-state index contributed by atoms with van der Waals surface area (Å²) in [6.07, 6.45) is 29.3. The van der Waals surface area contributed by atoms with E-state index >= 15 is 0 Å². The van der Waals surface area contributed by atoms with Crippen LogP contribution in [0.4, 0.5) is 0 Å². The molecule has 0 aromatic heterocycles. The maximum absolute atomic E-state index is 9.97. The Morgan fingerprint density at radius 1 is 0.655 bits per heavy atom. The minimum absolute atomic E-state index is 0.0335. The zero-order chi connectivity index (χ0) is 20.6. The van der Waals surface area contributed by atoms with Gasteiger partial charge in [0.1, 0.15) is 0 Å². The van der Waals surface area contributed by atoms with Crippen molar-refractivity contribution in [3.05, 3.63) is 0 Å². The number of fused-ring (bicyclic) bond motifs is 3. The van der Waals surface area contributed by atoms with Crippen molar-refractivity contribution in [1.82, 2.24) is 0 Å². The maximum atomic E-state index is 9.97. The highest BCUT2D eigenvalue weighted by atomic mass is 14.6. The Morgan fingerprint density at radius 2 is 1.17 bits per heavy atom. The van der Waals surface area contributed by atoms with Gasteiger partial charge in [0.2, 0.25) is 0 Å². The van der Waals surface area contributed by atoms with Crippen molar-refractivity contribution < 1.29 is 0 Å². The first-order chi connectivity index (χ1) is 14.1. The predicted molar refractivity (Wildman–Crippen MR) is 125 cm³/mol. The maximum Gasteiger partial charge on any atom is 0.0689 e. The van der Waals surface area contributed by atoms with Gasteiger partial charge < -0.3 is 0 Å². The van der Waals surface area contributed by atoms with Crippen LogP contribution >= 0.6 is 0 Å². The number of nitriles is 1. The number of nitrogens with zero attached hydrogens (tertiary/aromatic N) is 1. The normalized spacial score (nSPS) is 36.8. The molecule has 4 saturated carbocycles. The number of unbranched alkanes of at least 4 members (excludes halogenated alkanes) is 7. The number of hydrogen-bond acceptors (Lipinski definition) is 1. The van der Waals surface area contributed by atoms with Gasteiger partial charge in [-0.1, -0.05) is 71.6 Å². The van der Waals surface area contributed by atoms with Crippen LogP contribution in [-0.2, 0) is 0 Å². The second kappa shape index (κ2) is 10.7. The smallest absolute Gasteiger partial charge is 0.0689 e. The molecule has 4 aliphatic rings. The Bertz CT molecular complexity index is 494. The van der Waals surface area contributed by atoms with Crippen molar-refractivity contribution in [2.45, 2.75) is 149 Å². The third-order valence-corrected chi connectivity index (χ3v) is 9.83. The fraction of sp³-hybridized carbons (Fsp3) is 0.964. The first kappa shape index (κ1) is 23.2. The third kappa shape index (κ3) is 5.60. The summed E-state index contributed by atoms with van der Waals surface area (Å²) < 4.78 is 0. The van der Waals surface area contributed by atoms with E-state index in [1.165, 1.54) is 135 Å². The van der Waals surface area contributed by atoms with Gasteiger partial charge in [0.25, 0.3) is 0 Å².